The van der Waals surface area contributed by atoms with Gasteiger partial charge in [0.1, 0.15) is 5.75 Å². The maximum absolute atomic E-state index is 13.0. The molecule has 1 fully saturated rings. The lowest BCUT2D eigenvalue weighted by Crippen LogP contribution is -2.48. The van der Waals surface area contributed by atoms with Crippen molar-refractivity contribution in [1.82, 2.24) is 14.8 Å². The quantitative estimate of drug-likeness (QED) is 0.551. The van der Waals surface area contributed by atoms with Gasteiger partial charge in [-0.3, -0.25) is 14.4 Å². The first-order valence-electron chi connectivity index (χ1n) is 10.5. The molecule has 3 aromatic rings. The Hall–Kier alpha value is -2.95. The second kappa shape index (κ2) is 9.90. The molecule has 2 heterocycles. The van der Waals surface area contributed by atoms with Crippen LogP contribution in [0.4, 0.5) is 5.69 Å². The van der Waals surface area contributed by atoms with Crippen molar-refractivity contribution in [3.8, 4) is 5.75 Å². The number of carbonyl (C=O) groups excluding carboxylic acids is 1. The SMILES string of the molecule is COc1ccc(NS(=O)(=O)c2cccc(C(=O)N3CCN(Cc4csc(C)n4)CC3)c2)cc1. The number of amides is 1. The molecule has 33 heavy (non-hydrogen) atoms. The summed E-state index contributed by atoms with van der Waals surface area (Å²) in [7, 11) is -2.29. The van der Waals surface area contributed by atoms with Crippen molar-refractivity contribution in [2.45, 2.75) is 18.4 Å². The van der Waals surface area contributed by atoms with E-state index >= 15 is 0 Å². The third kappa shape index (κ3) is 5.70. The molecular weight excluding hydrogens is 460 g/mol. The van der Waals surface area contributed by atoms with E-state index in [2.05, 4.69) is 20.0 Å². The standard InChI is InChI=1S/C23H26N4O4S2/c1-17-24-20(16-32-17)15-26-10-12-27(13-11-26)23(28)18-4-3-5-22(14-18)33(29,30)25-19-6-8-21(31-2)9-7-19/h3-9,14,16,25H,10-13,15H2,1-2H3. The van der Waals surface area contributed by atoms with Gasteiger partial charge in [0.25, 0.3) is 15.9 Å². The minimum absolute atomic E-state index is 0.0432. The summed E-state index contributed by atoms with van der Waals surface area (Å²) >= 11 is 1.64. The molecule has 0 bridgehead atoms. The van der Waals surface area contributed by atoms with Gasteiger partial charge in [0.2, 0.25) is 0 Å². The first-order valence-corrected chi connectivity index (χ1v) is 12.9. The molecule has 1 aliphatic heterocycles. The molecule has 2 aromatic carbocycles. The highest BCUT2D eigenvalue weighted by atomic mass is 32.2. The van der Waals surface area contributed by atoms with Gasteiger partial charge in [-0.15, -0.1) is 11.3 Å². The average Bonchev–Trinajstić information content (AvgIpc) is 3.24. The molecule has 0 atom stereocenters. The van der Waals surface area contributed by atoms with Gasteiger partial charge in [-0.25, -0.2) is 13.4 Å². The van der Waals surface area contributed by atoms with Crippen LogP contribution in [0.2, 0.25) is 0 Å². The predicted octanol–water partition coefficient (Wildman–Crippen LogP) is 3.22. The Balaban J connectivity index is 1.40. The van der Waals surface area contributed by atoms with E-state index in [4.69, 9.17) is 4.74 Å². The molecule has 0 aliphatic carbocycles. The minimum Gasteiger partial charge on any atom is -0.497 e. The van der Waals surface area contributed by atoms with Crippen LogP contribution in [-0.2, 0) is 16.6 Å². The number of aryl methyl sites for hydroxylation is 1. The number of nitrogens with one attached hydrogen (secondary N) is 1. The molecule has 0 spiro atoms. The second-order valence-electron chi connectivity index (χ2n) is 7.79. The molecule has 1 amide bonds. The van der Waals surface area contributed by atoms with E-state index in [1.807, 2.05) is 6.92 Å². The van der Waals surface area contributed by atoms with Crippen LogP contribution in [0.1, 0.15) is 21.1 Å². The summed E-state index contributed by atoms with van der Waals surface area (Å²) in [6.07, 6.45) is 0. The van der Waals surface area contributed by atoms with Crippen molar-refractivity contribution in [3.63, 3.8) is 0 Å². The van der Waals surface area contributed by atoms with Crippen molar-refractivity contribution in [1.29, 1.82) is 0 Å². The van der Waals surface area contributed by atoms with Gasteiger partial charge in [-0.1, -0.05) is 6.07 Å². The van der Waals surface area contributed by atoms with E-state index in [1.54, 1.807) is 59.7 Å². The zero-order valence-corrected chi connectivity index (χ0v) is 20.2. The molecule has 1 saturated heterocycles. The highest BCUT2D eigenvalue weighted by Gasteiger charge is 2.24. The summed E-state index contributed by atoms with van der Waals surface area (Å²) < 4.78 is 33.3. The molecule has 1 aromatic heterocycles. The number of ether oxygens (including phenoxy) is 1. The number of hydrogen-bond donors (Lipinski definition) is 1. The van der Waals surface area contributed by atoms with Crippen molar-refractivity contribution in [2.24, 2.45) is 0 Å². The molecule has 4 rings (SSSR count). The van der Waals surface area contributed by atoms with E-state index in [1.165, 1.54) is 12.1 Å². The number of rotatable bonds is 7. The number of benzene rings is 2. The average molecular weight is 487 g/mol. The van der Waals surface area contributed by atoms with Gasteiger partial charge in [-0.05, 0) is 49.4 Å². The van der Waals surface area contributed by atoms with Crippen molar-refractivity contribution in [3.05, 3.63) is 70.2 Å². The summed E-state index contributed by atoms with van der Waals surface area (Å²) in [5.74, 6) is 0.466. The van der Waals surface area contributed by atoms with E-state index < -0.39 is 10.0 Å². The molecule has 10 heteroatoms. The van der Waals surface area contributed by atoms with Gasteiger partial charge in [0.05, 0.1) is 22.7 Å². The fraction of sp³-hybridized carbons (Fsp3) is 0.304. The van der Waals surface area contributed by atoms with Gasteiger partial charge in [-0.2, -0.15) is 0 Å². The lowest BCUT2D eigenvalue weighted by atomic mass is 10.2. The normalized spacial score (nSPS) is 14.8. The van der Waals surface area contributed by atoms with Gasteiger partial charge in [0, 0.05) is 49.4 Å². The predicted molar refractivity (Wildman–Crippen MR) is 128 cm³/mol. The highest BCUT2D eigenvalue weighted by Crippen LogP contribution is 2.21. The Morgan fingerprint density at radius 2 is 1.85 bits per heavy atom. The van der Waals surface area contributed by atoms with Crippen molar-refractivity contribution in [2.75, 3.05) is 38.0 Å². The van der Waals surface area contributed by atoms with Crippen LogP contribution in [0.5, 0.6) is 5.75 Å². The van der Waals surface area contributed by atoms with Crippen LogP contribution in [0.15, 0.2) is 58.8 Å². The van der Waals surface area contributed by atoms with E-state index in [0.717, 1.165) is 30.3 Å². The first-order chi connectivity index (χ1) is 15.8. The summed E-state index contributed by atoms with van der Waals surface area (Å²) in [4.78, 5) is 21.6. The Labute approximate surface area is 197 Å². The Bertz CT molecular complexity index is 1220. The largest absolute Gasteiger partial charge is 0.497 e. The minimum atomic E-state index is -3.84. The monoisotopic (exact) mass is 486 g/mol. The number of thiazole rings is 1. The molecule has 8 nitrogen and oxygen atoms in total. The van der Waals surface area contributed by atoms with Crippen LogP contribution in [-0.4, -0.2) is 62.4 Å². The Kier molecular flexibility index (Phi) is 6.96. The summed E-state index contributed by atoms with van der Waals surface area (Å²) in [5, 5.41) is 3.12. The summed E-state index contributed by atoms with van der Waals surface area (Å²) in [6, 6.07) is 12.8. The van der Waals surface area contributed by atoms with Crippen LogP contribution in [0.25, 0.3) is 0 Å². The third-order valence-electron chi connectivity index (χ3n) is 5.45. The number of aromatic nitrogens is 1. The lowest BCUT2D eigenvalue weighted by Gasteiger charge is -2.34. The Morgan fingerprint density at radius 1 is 1.12 bits per heavy atom. The van der Waals surface area contributed by atoms with Gasteiger partial charge >= 0.3 is 0 Å². The molecule has 174 valence electrons. The summed E-state index contributed by atoms with van der Waals surface area (Å²) in [5.41, 5.74) is 1.83. The lowest BCUT2D eigenvalue weighted by molar-refractivity contribution is 0.0627. The Morgan fingerprint density at radius 3 is 2.48 bits per heavy atom. The maximum atomic E-state index is 13.0. The number of carbonyl (C=O) groups is 1. The maximum Gasteiger partial charge on any atom is 0.261 e. The van der Waals surface area contributed by atoms with Crippen LogP contribution >= 0.6 is 11.3 Å². The van der Waals surface area contributed by atoms with Crippen molar-refractivity contribution < 1.29 is 17.9 Å². The zero-order chi connectivity index (χ0) is 23.4. The van der Waals surface area contributed by atoms with Crippen LogP contribution in [0, 0.1) is 6.92 Å². The molecular formula is C23H26N4O4S2. The van der Waals surface area contributed by atoms with E-state index in [-0.39, 0.29) is 10.8 Å². The van der Waals surface area contributed by atoms with Crippen molar-refractivity contribution >= 4 is 33.0 Å². The topological polar surface area (TPSA) is 91.8 Å². The number of anilines is 1. The molecule has 0 radical (unpaired) electrons. The molecule has 0 unspecified atom stereocenters. The third-order valence-corrected chi connectivity index (χ3v) is 7.65. The number of methoxy groups -OCH3 is 1. The molecule has 0 saturated carbocycles. The first kappa shape index (κ1) is 23.2. The molecule has 1 aliphatic rings. The zero-order valence-electron chi connectivity index (χ0n) is 18.5. The number of sulfonamides is 1. The second-order valence-corrected chi connectivity index (χ2v) is 10.5. The fourth-order valence-corrected chi connectivity index (χ4v) is 5.38. The summed E-state index contributed by atoms with van der Waals surface area (Å²) in [6.45, 7) is 5.44. The van der Waals surface area contributed by atoms with E-state index in [0.29, 0.717) is 30.1 Å². The fourth-order valence-electron chi connectivity index (χ4n) is 3.67. The van der Waals surface area contributed by atoms with Crippen LogP contribution in [0.3, 0.4) is 0 Å². The van der Waals surface area contributed by atoms with Gasteiger partial charge in [0.15, 0.2) is 0 Å². The van der Waals surface area contributed by atoms with E-state index in [9.17, 15) is 13.2 Å². The highest BCUT2D eigenvalue weighted by molar-refractivity contribution is 7.92. The van der Waals surface area contributed by atoms with Crippen LogP contribution < -0.4 is 9.46 Å². The van der Waals surface area contributed by atoms with Gasteiger partial charge < -0.3 is 9.64 Å². The number of piperazine rings is 1. The number of hydrogen-bond acceptors (Lipinski definition) is 7. The molecule has 1 N–H and O–H groups in total. The number of nitrogens with zero attached hydrogens (tertiary/aromatic N) is 3. The smallest absolute Gasteiger partial charge is 0.261 e.